The number of amides is 1. The Morgan fingerprint density at radius 1 is 1.21 bits per heavy atom. The summed E-state index contributed by atoms with van der Waals surface area (Å²) >= 11 is 0. The van der Waals surface area contributed by atoms with Gasteiger partial charge in [0.2, 0.25) is 5.91 Å². The Bertz CT molecular complexity index is 710. The Morgan fingerprint density at radius 2 is 1.93 bits per heavy atom. The topological polar surface area (TPSA) is 69.6 Å². The van der Waals surface area contributed by atoms with Crippen molar-refractivity contribution >= 4 is 11.9 Å². The van der Waals surface area contributed by atoms with Crippen molar-refractivity contribution in [2.75, 3.05) is 6.54 Å². The predicted molar refractivity (Wildman–Crippen MR) is 110 cm³/mol. The van der Waals surface area contributed by atoms with Crippen LogP contribution < -0.4 is 5.32 Å². The molecule has 0 spiro atoms. The molecule has 1 amide bonds. The molecule has 0 radical (unpaired) electrons. The van der Waals surface area contributed by atoms with Gasteiger partial charge in [0.1, 0.15) is 6.04 Å². The van der Waals surface area contributed by atoms with E-state index >= 15 is 0 Å². The molecule has 1 saturated heterocycles. The first-order chi connectivity index (χ1) is 13.5. The number of carbonyl (C=O) groups excluding carboxylic acids is 1. The zero-order valence-electron chi connectivity index (χ0n) is 16.9. The number of rotatable bonds is 8. The first kappa shape index (κ1) is 20.4. The molecule has 0 aromatic heterocycles. The van der Waals surface area contributed by atoms with Crippen LogP contribution in [-0.2, 0) is 16.0 Å². The number of nitrogens with zero attached hydrogens (tertiary/aromatic N) is 1. The van der Waals surface area contributed by atoms with Crippen LogP contribution in [0.15, 0.2) is 42.1 Å². The van der Waals surface area contributed by atoms with Crippen LogP contribution >= 0.6 is 0 Å². The highest BCUT2D eigenvalue weighted by atomic mass is 16.4. The van der Waals surface area contributed by atoms with Crippen molar-refractivity contribution in [3.05, 3.63) is 47.7 Å². The Morgan fingerprint density at radius 3 is 2.54 bits per heavy atom. The number of allylic oxidation sites excluding steroid dienone is 1. The lowest BCUT2D eigenvalue weighted by Gasteiger charge is -2.34. The number of benzene rings is 1. The van der Waals surface area contributed by atoms with Crippen molar-refractivity contribution in [2.45, 2.75) is 64.5 Å². The van der Waals surface area contributed by atoms with E-state index in [9.17, 15) is 14.7 Å². The zero-order valence-corrected chi connectivity index (χ0v) is 16.9. The SMILES string of the molecule is CC(C(=O)NC(Cc1ccccc1)C(=O)O)C(C)C1CCCN1C=C1CCC1. The molecule has 4 unspecified atom stereocenters. The number of hydrogen-bond donors (Lipinski definition) is 2. The smallest absolute Gasteiger partial charge is 0.326 e. The first-order valence-corrected chi connectivity index (χ1v) is 10.5. The van der Waals surface area contributed by atoms with Crippen molar-refractivity contribution in [1.29, 1.82) is 0 Å². The van der Waals surface area contributed by atoms with Gasteiger partial charge in [0, 0.05) is 24.9 Å². The van der Waals surface area contributed by atoms with Crippen LogP contribution in [0.5, 0.6) is 0 Å². The van der Waals surface area contributed by atoms with E-state index < -0.39 is 12.0 Å². The van der Waals surface area contributed by atoms with Gasteiger partial charge in [0.15, 0.2) is 0 Å². The third kappa shape index (κ3) is 4.94. The first-order valence-electron chi connectivity index (χ1n) is 10.5. The maximum atomic E-state index is 12.8. The molecule has 2 fully saturated rings. The van der Waals surface area contributed by atoms with Gasteiger partial charge in [-0.3, -0.25) is 4.79 Å². The molecule has 28 heavy (non-hydrogen) atoms. The molecule has 1 aromatic rings. The number of carboxylic acid groups (broad SMARTS) is 1. The lowest BCUT2D eigenvalue weighted by atomic mass is 9.86. The Balaban J connectivity index is 1.60. The third-order valence-corrected chi connectivity index (χ3v) is 6.39. The molecule has 5 nitrogen and oxygen atoms in total. The second-order valence-corrected chi connectivity index (χ2v) is 8.33. The quantitative estimate of drug-likeness (QED) is 0.718. The minimum atomic E-state index is -0.991. The minimum absolute atomic E-state index is 0.168. The molecule has 0 bridgehead atoms. The van der Waals surface area contributed by atoms with Crippen LogP contribution in [0.3, 0.4) is 0 Å². The summed E-state index contributed by atoms with van der Waals surface area (Å²) in [4.78, 5) is 26.9. The van der Waals surface area contributed by atoms with Crippen LogP contribution in [0.4, 0.5) is 0 Å². The van der Waals surface area contributed by atoms with E-state index in [1.54, 1.807) is 0 Å². The highest BCUT2D eigenvalue weighted by molar-refractivity contribution is 5.85. The van der Waals surface area contributed by atoms with Gasteiger partial charge in [-0.2, -0.15) is 0 Å². The Kier molecular flexibility index (Phi) is 6.76. The zero-order chi connectivity index (χ0) is 20.1. The monoisotopic (exact) mass is 384 g/mol. The average Bonchev–Trinajstić information content (AvgIpc) is 3.12. The number of likely N-dealkylation sites (tertiary alicyclic amines) is 1. The minimum Gasteiger partial charge on any atom is -0.480 e. The van der Waals surface area contributed by atoms with Crippen molar-refractivity contribution in [2.24, 2.45) is 11.8 Å². The molecular formula is C23H32N2O3. The molecule has 1 saturated carbocycles. The number of aliphatic carboxylic acids is 1. The second-order valence-electron chi connectivity index (χ2n) is 8.33. The molecule has 3 rings (SSSR count). The predicted octanol–water partition coefficient (Wildman–Crippen LogP) is 3.60. The molecule has 4 atom stereocenters. The number of nitrogens with one attached hydrogen (secondary N) is 1. The Hall–Kier alpha value is -2.30. The highest BCUT2D eigenvalue weighted by Gasteiger charge is 2.35. The maximum absolute atomic E-state index is 12.8. The summed E-state index contributed by atoms with van der Waals surface area (Å²) in [5.41, 5.74) is 2.43. The number of hydrogen-bond acceptors (Lipinski definition) is 3. The largest absolute Gasteiger partial charge is 0.480 e. The van der Waals surface area contributed by atoms with E-state index in [2.05, 4.69) is 23.3 Å². The number of carboxylic acids is 1. The van der Waals surface area contributed by atoms with E-state index in [1.807, 2.05) is 37.3 Å². The van der Waals surface area contributed by atoms with Crippen LogP contribution in [0.1, 0.15) is 51.5 Å². The van der Waals surface area contributed by atoms with Crippen molar-refractivity contribution in [3.63, 3.8) is 0 Å². The fourth-order valence-corrected chi connectivity index (χ4v) is 4.21. The van der Waals surface area contributed by atoms with Crippen LogP contribution in [0, 0.1) is 11.8 Å². The summed E-state index contributed by atoms with van der Waals surface area (Å²) in [6.45, 7) is 5.10. The van der Waals surface area contributed by atoms with E-state index in [1.165, 1.54) is 24.8 Å². The molecule has 1 aliphatic heterocycles. The molecular weight excluding hydrogens is 352 g/mol. The van der Waals surface area contributed by atoms with Gasteiger partial charge in [0.25, 0.3) is 0 Å². The molecule has 152 valence electrons. The van der Waals surface area contributed by atoms with Gasteiger partial charge in [-0.25, -0.2) is 4.79 Å². The fourth-order valence-electron chi connectivity index (χ4n) is 4.21. The molecule has 2 aliphatic rings. The molecule has 2 N–H and O–H groups in total. The summed E-state index contributed by atoms with van der Waals surface area (Å²) in [7, 11) is 0. The van der Waals surface area contributed by atoms with Gasteiger partial charge in [-0.1, -0.05) is 49.8 Å². The van der Waals surface area contributed by atoms with E-state index in [0.29, 0.717) is 12.5 Å². The van der Waals surface area contributed by atoms with Crippen LogP contribution in [0.2, 0.25) is 0 Å². The summed E-state index contributed by atoms with van der Waals surface area (Å²) in [5.74, 6) is -1.22. The summed E-state index contributed by atoms with van der Waals surface area (Å²) < 4.78 is 0. The van der Waals surface area contributed by atoms with E-state index in [-0.39, 0.29) is 17.7 Å². The second kappa shape index (κ2) is 9.26. The fraction of sp³-hybridized carbons (Fsp3) is 0.565. The van der Waals surface area contributed by atoms with E-state index in [0.717, 1.165) is 24.9 Å². The standard InChI is InChI=1S/C23H32N2O3/c1-16(21-12-7-13-25(21)15-19-10-6-11-19)17(2)22(26)24-20(23(27)28)14-18-8-4-3-5-9-18/h3-5,8-9,15-17,20-21H,6-7,10-14H2,1-2H3,(H,24,26)(H,27,28). The molecule has 1 heterocycles. The van der Waals surface area contributed by atoms with Gasteiger partial charge >= 0.3 is 5.97 Å². The van der Waals surface area contributed by atoms with Crippen LogP contribution in [0.25, 0.3) is 0 Å². The summed E-state index contributed by atoms with van der Waals surface area (Å²) in [6, 6.07) is 8.89. The molecule has 1 aromatic carbocycles. The highest BCUT2D eigenvalue weighted by Crippen LogP contribution is 2.33. The summed E-state index contributed by atoms with van der Waals surface area (Å²) in [5, 5.41) is 12.3. The van der Waals surface area contributed by atoms with Gasteiger partial charge in [-0.15, -0.1) is 0 Å². The molecule has 5 heteroatoms. The maximum Gasteiger partial charge on any atom is 0.326 e. The van der Waals surface area contributed by atoms with Gasteiger partial charge in [-0.05, 0) is 49.8 Å². The summed E-state index contributed by atoms with van der Waals surface area (Å²) in [6.07, 6.45) is 8.55. The number of carbonyl (C=O) groups is 2. The normalized spacial score (nSPS) is 22.1. The van der Waals surface area contributed by atoms with Crippen molar-refractivity contribution in [3.8, 4) is 0 Å². The molecule has 1 aliphatic carbocycles. The lowest BCUT2D eigenvalue weighted by molar-refractivity contribution is -0.142. The van der Waals surface area contributed by atoms with E-state index in [4.69, 9.17) is 0 Å². The Labute approximate surface area is 167 Å². The average molecular weight is 385 g/mol. The lowest BCUT2D eigenvalue weighted by Crippen LogP contribution is -2.47. The van der Waals surface area contributed by atoms with Gasteiger partial charge < -0.3 is 15.3 Å². The van der Waals surface area contributed by atoms with Crippen molar-refractivity contribution in [1.82, 2.24) is 10.2 Å². The third-order valence-electron chi connectivity index (χ3n) is 6.39. The van der Waals surface area contributed by atoms with Crippen LogP contribution in [-0.4, -0.2) is 40.5 Å². The van der Waals surface area contributed by atoms with Crippen molar-refractivity contribution < 1.29 is 14.7 Å². The van der Waals surface area contributed by atoms with Gasteiger partial charge in [0.05, 0.1) is 0 Å².